The van der Waals surface area contributed by atoms with E-state index in [1.165, 1.54) is 0 Å². The van der Waals surface area contributed by atoms with Crippen LogP contribution < -0.4 is 4.74 Å². The first-order valence-electron chi connectivity index (χ1n) is 5.04. The predicted molar refractivity (Wildman–Crippen MR) is 67.4 cm³/mol. The Morgan fingerprint density at radius 3 is 2.75 bits per heavy atom. The molecule has 1 aromatic heterocycles. The molecule has 3 heteroatoms. The second-order valence-corrected chi connectivity index (χ2v) is 4.08. The number of H-pyrrole nitrogens is 1. The normalized spacial score (nSPS) is 11.1. The lowest BCUT2D eigenvalue weighted by atomic mass is 10.1. The summed E-state index contributed by atoms with van der Waals surface area (Å²) in [5.41, 5.74) is 2.03. The van der Waals surface area contributed by atoms with Gasteiger partial charge in [-0.2, -0.15) is 0 Å². The summed E-state index contributed by atoms with van der Waals surface area (Å²) in [5.74, 6) is 0.815. The van der Waals surface area contributed by atoms with Crippen LogP contribution in [0.15, 0.2) is 36.4 Å². The van der Waals surface area contributed by atoms with Gasteiger partial charge in [-0.15, -0.1) is 0 Å². The number of methoxy groups -OCH3 is 1. The van der Waals surface area contributed by atoms with Crippen molar-refractivity contribution in [2.24, 2.45) is 0 Å². The number of nitrogens with one attached hydrogen (secondary N) is 1. The maximum atomic E-state index is 6.23. The fourth-order valence-electron chi connectivity index (χ4n) is 2.06. The van der Waals surface area contributed by atoms with E-state index in [2.05, 4.69) is 11.1 Å². The second-order valence-electron chi connectivity index (χ2n) is 3.67. The highest BCUT2D eigenvalue weighted by Crippen LogP contribution is 2.36. The van der Waals surface area contributed by atoms with Gasteiger partial charge in [-0.1, -0.05) is 29.8 Å². The van der Waals surface area contributed by atoms with Crippen LogP contribution in [0.5, 0.6) is 5.75 Å². The summed E-state index contributed by atoms with van der Waals surface area (Å²) in [5, 5.41) is 2.89. The zero-order chi connectivity index (χ0) is 11.1. The van der Waals surface area contributed by atoms with E-state index in [-0.39, 0.29) is 0 Å². The Kier molecular flexibility index (Phi) is 2.04. The number of aromatic nitrogens is 1. The van der Waals surface area contributed by atoms with Crippen LogP contribution >= 0.6 is 11.6 Å². The first-order chi connectivity index (χ1) is 7.81. The van der Waals surface area contributed by atoms with E-state index in [9.17, 15) is 0 Å². The molecular formula is C13H10ClNO. The summed E-state index contributed by atoms with van der Waals surface area (Å²) >= 11 is 6.23. The number of ether oxygens (including phenoxy) is 1. The van der Waals surface area contributed by atoms with Gasteiger partial charge in [0.25, 0.3) is 0 Å². The molecule has 0 atom stereocenters. The monoisotopic (exact) mass is 231 g/mol. The number of halogens is 1. The quantitative estimate of drug-likeness (QED) is 0.673. The van der Waals surface area contributed by atoms with Gasteiger partial charge >= 0.3 is 0 Å². The van der Waals surface area contributed by atoms with Crippen molar-refractivity contribution in [2.45, 2.75) is 0 Å². The molecule has 2 nitrogen and oxygen atoms in total. The molecule has 1 N–H and O–H groups in total. The van der Waals surface area contributed by atoms with Gasteiger partial charge < -0.3 is 9.72 Å². The van der Waals surface area contributed by atoms with Gasteiger partial charge in [-0.3, -0.25) is 0 Å². The van der Waals surface area contributed by atoms with Crippen LogP contribution in [-0.2, 0) is 0 Å². The topological polar surface area (TPSA) is 25.0 Å². The highest BCUT2D eigenvalue weighted by atomic mass is 35.5. The van der Waals surface area contributed by atoms with Crippen molar-refractivity contribution < 1.29 is 4.74 Å². The first-order valence-corrected chi connectivity index (χ1v) is 5.42. The zero-order valence-corrected chi connectivity index (χ0v) is 9.51. The Morgan fingerprint density at radius 2 is 1.94 bits per heavy atom. The van der Waals surface area contributed by atoms with Gasteiger partial charge in [0.1, 0.15) is 5.75 Å². The molecule has 0 unspecified atom stereocenters. The Balaban J connectivity index is 2.58. The minimum atomic E-state index is 0.744. The first kappa shape index (κ1) is 9.55. The molecular weight excluding hydrogens is 222 g/mol. The largest absolute Gasteiger partial charge is 0.495 e. The van der Waals surface area contributed by atoms with Crippen LogP contribution in [0.25, 0.3) is 21.8 Å². The molecule has 3 aromatic rings. The Hall–Kier alpha value is -1.67. The summed E-state index contributed by atoms with van der Waals surface area (Å²) in [6.07, 6.45) is 0. The van der Waals surface area contributed by atoms with Gasteiger partial charge in [-0.05, 0) is 18.2 Å². The molecule has 0 amide bonds. The molecule has 3 rings (SSSR count). The lowest BCUT2D eigenvalue weighted by molar-refractivity contribution is 0.419. The summed E-state index contributed by atoms with van der Waals surface area (Å²) < 4.78 is 5.32. The number of hydrogen-bond donors (Lipinski definition) is 1. The van der Waals surface area contributed by atoms with Gasteiger partial charge in [0.2, 0.25) is 0 Å². The van der Waals surface area contributed by atoms with Crippen LogP contribution in [0.4, 0.5) is 0 Å². The number of rotatable bonds is 1. The molecule has 0 fully saturated rings. The molecule has 0 spiro atoms. The third-order valence-corrected chi connectivity index (χ3v) is 3.11. The number of hydrogen-bond acceptors (Lipinski definition) is 1. The van der Waals surface area contributed by atoms with E-state index in [0.717, 1.165) is 32.6 Å². The van der Waals surface area contributed by atoms with Crippen LogP contribution in [0.1, 0.15) is 0 Å². The fraction of sp³-hybridized carbons (Fsp3) is 0.0769. The highest BCUT2D eigenvalue weighted by Gasteiger charge is 2.11. The minimum Gasteiger partial charge on any atom is -0.495 e. The van der Waals surface area contributed by atoms with Crippen molar-refractivity contribution in [1.82, 2.24) is 4.98 Å². The second kappa shape index (κ2) is 3.42. The van der Waals surface area contributed by atoms with Crippen molar-refractivity contribution in [3.05, 3.63) is 41.4 Å². The summed E-state index contributed by atoms with van der Waals surface area (Å²) in [4.78, 5) is 3.33. The van der Waals surface area contributed by atoms with Gasteiger partial charge in [0, 0.05) is 16.3 Å². The number of aromatic amines is 1. The van der Waals surface area contributed by atoms with Crippen molar-refractivity contribution in [2.75, 3.05) is 7.11 Å². The average Bonchev–Trinajstić information content (AvgIpc) is 2.69. The molecule has 0 bridgehead atoms. The van der Waals surface area contributed by atoms with E-state index >= 15 is 0 Å². The Bertz CT molecular complexity index is 672. The van der Waals surface area contributed by atoms with Crippen molar-refractivity contribution in [3.8, 4) is 5.75 Å². The zero-order valence-electron chi connectivity index (χ0n) is 8.75. The third kappa shape index (κ3) is 1.20. The molecule has 16 heavy (non-hydrogen) atoms. The molecule has 0 aliphatic heterocycles. The summed E-state index contributed by atoms with van der Waals surface area (Å²) in [6.45, 7) is 0. The molecule has 0 aliphatic carbocycles. The number of benzene rings is 2. The fourth-order valence-corrected chi connectivity index (χ4v) is 2.32. The van der Waals surface area contributed by atoms with Crippen LogP contribution in [-0.4, -0.2) is 12.1 Å². The maximum Gasteiger partial charge on any atom is 0.143 e. The molecule has 80 valence electrons. The van der Waals surface area contributed by atoms with Gasteiger partial charge in [0.15, 0.2) is 0 Å². The molecule has 0 saturated carbocycles. The maximum absolute atomic E-state index is 6.23. The van der Waals surface area contributed by atoms with Crippen molar-refractivity contribution in [1.29, 1.82) is 0 Å². The SMILES string of the molecule is COc1ccc(Cl)c2c1[nH]c1ccccc12. The average molecular weight is 232 g/mol. The van der Waals surface area contributed by atoms with E-state index in [0.29, 0.717) is 0 Å². The van der Waals surface area contributed by atoms with Crippen molar-refractivity contribution in [3.63, 3.8) is 0 Å². The van der Waals surface area contributed by atoms with Crippen molar-refractivity contribution >= 4 is 33.4 Å². The number of fused-ring (bicyclic) bond motifs is 3. The Labute approximate surface area is 97.8 Å². The van der Waals surface area contributed by atoms with E-state index in [1.54, 1.807) is 7.11 Å². The predicted octanol–water partition coefficient (Wildman–Crippen LogP) is 3.98. The minimum absolute atomic E-state index is 0.744. The molecule has 1 heterocycles. The van der Waals surface area contributed by atoms with Crippen LogP contribution in [0, 0.1) is 0 Å². The summed E-state index contributed by atoms with van der Waals surface area (Å²) in [6, 6.07) is 11.8. The Morgan fingerprint density at radius 1 is 1.12 bits per heavy atom. The van der Waals surface area contributed by atoms with E-state index in [4.69, 9.17) is 16.3 Å². The lowest BCUT2D eigenvalue weighted by Gasteiger charge is -2.02. The lowest BCUT2D eigenvalue weighted by Crippen LogP contribution is -1.83. The molecule has 0 aliphatic rings. The van der Waals surface area contributed by atoms with Gasteiger partial charge in [0.05, 0.1) is 17.6 Å². The van der Waals surface area contributed by atoms with E-state index < -0.39 is 0 Å². The summed E-state index contributed by atoms with van der Waals surface area (Å²) in [7, 11) is 1.66. The molecule has 0 radical (unpaired) electrons. The van der Waals surface area contributed by atoms with Crippen LogP contribution in [0.3, 0.4) is 0 Å². The smallest absolute Gasteiger partial charge is 0.143 e. The van der Waals surface area contributed by atoms with E-state index in [1.807, 2.05) is 30.3 Å². The third-order valence-electron chi connectivity index (χ3n) is 2.79. The van der Waals surface area contributed by atoms with Crippen LogP contribution in [0.2, 0.25) is 5.02 Å². The molecule has 0 saturated heterocycles. The number of para-hydroxylation sites is 1. The van der Waals surface area contributed by atoms with Gasteiger partial charge in [-0.25, -0.2) is 0 Å². The standard InChI is InChI=1S/C13H10ClNO/c1-16-11-7-6-9(14)12-8-4-2-3-5-10(8)15-13(11)12/h2-7,15H,1H3. The molecule has 2 aromatic carbocycles. The highest BCUT2D eigenvalue weighted by molar-refractivity contribution is 6.38.